The molecule has 0 saturated carbocycles. The molecule has 0 aromatic rings. The lowest BCUT2D eigenvalue weighted by atomic mass is 10.0. The van der Waals surface area contributed by atoms with E-state index in [0.29, 0.717) is 17.4 Å². The second-order valence-corrected chi connectivity index (χ2v) is 27.0. The minimum absolute atomic E-state index is 0.0324. The second-order valence-electron chi connectivity index (χ2n) is 25.5. The fraction of sp³-hybridized carbons (Fsp3) is 0.744. The van der Waals surface area contributed by atoms with Gasteiger partial charge < -0.3 is 27.9 Å². The van der Waals surface area contributed by atoms with Crippen LogP contribution in [0.2, 0.25) is 0 Å². The molecular formula is C78H138NO8P. The smallest absolute Gasteiger partial charge is 0.306 e. The summed E-state index contributed by atoms with van der Waals surface area (Å²) in [6, 6.07) is 0. The SMILES string of the molecule is CC/C=C\C/C=C\C/C=C\C/C=C\C/C=C\CCCCCCCCCCCCCCCCCCCC(=O)OC(COC(=O)CCCCCCCCCCCCCCCCCCCC/C=C\C/C=C\C/C=C\C/C=C\CC)COP(=O)([O-])OCC[N+](C)(C)C. The van der Waals surface area contributed by atoms with Gasteiger partial charge in [0.2, 0.25) is 0 Å². The van der Waals surface area contributed by atoms with Crippen molar-refractivity contribution in [2.24, 2.45) is 0 Å². The Morgan fingerprint density at radius 3 is 0.909 bits per heavy atom. The molecule has 508 valence electrons. The monoisotopic (exact) mass is 1250 g/mol. The minimum atomic E-state index is -4.65. The first kappa shape index (κ1) is 84.7. The number of unbranched alkanes of at least 4 members (excludes halogenated alkanes) is 35. The van der Waals surface area contributed by atoms with E-state index in [1.165, 1.54) is 193 Å². The van der Waals surface area contributed by atoms with Crippen molar-refractivity contribution in [3.05, 3.63) is 109 Å². The maximum Gasteiger partial charge on any atom is 0.306 e. The number of carbonyl (C=O) groups excluding carboxylic acids is 2. The van der Waals surface area contributed by atoms with E-state index < -0.39 is 26.5 Å². The number of carbonyl (C=O) groups is 2. The van der Waals surface area contributed by atoms with E-state index in [4.69, 9.17) is 18.5 Å². The topological polar surface area (TPSA) is 111 Å². The highest BCUT2D eigenvalue weighted by molar-refractivity contribution is 7.45. The van der Waals surface area contributed by atoms with E-state index in [0.717, 1.165) is 96.3 Å². The first-order valence-corrected chi connectivity index (χ1v) is 38.1. The van der Waals surface area contributed by atoms with Gasteiger partial charge >= 0.3 is 11.9 Å². The van der Waals surface area contributed by atoms with Crippen LogP contribution in [0.4, 0.5) is 0 Å². The van der Waals surface area contributed by atoms with Gasteiger partial charge in [-0.05, 0) is 96.3 Å². The van der Waals surface area contributed by atoms with Crippen LogP contribution in [0.25, 0.3) is 0 Å². The zero-order valence-electron chi connectivity index (χ0n) is 57.9. The van der Waals surface area contributed by atoms with Gasteiger partial charge in [-0.15, -0.1) is 0 Å². The van der Waals surface area contributed by atoms with Crippen LogP contribution in [-0.4, -0.2) is 70.0 Å². The van der Waals surface area contributed by atoms with Gasteiger partial charge in [-0.1, -0.05) is 322 Å². The molecule has 10 heteroatoms. The number of esters is 2. The molecule has 0 aliphatic carbocycles. The molecule has 0 spiro atoms. The van der Waals surface area contributed by atoms with Crippen molar-refractivity contribution in [2.45, 2.75) is 328 Å². The molecule has 0 amide bonds. The van der Waals surface area contributed by atoms with Crippen LogP contribution in [0.1, 0.15) is 322 Å². The second kappa shape index (κ2) is 68.0. The predicted molar refractivity (Wildman–Crippen MR) is 378 cm³/mol. The van der Waals surface area contributed by atoms with E-state index in [1.54, 1.807) is 0 Å². The maximum absolute atomic E-state index is 12.9. The molecular weight excluding hydrogens is 1110 g/mol. The Hall–Kier alpha value is -3.33. The summed E-state index contributed by atoms with van der Waals surface area (Å²) in [7, 11) is 1.17. The van der Waals surface area contributed by atoms with Gasteiger partial charge in [0.05, 0.1) is 27.7 Å². The van der Waals surface area contributed by atoms with E-state index in [1.807, 2.05) is 21.1 Å². The lowest BCUT2D eigenvalue weighted by Crippen LogP contribution is -2.37. The van der Waals surface area contributed by atoms with Crippen LogP contribution >= 0.6 is 7.82 Å². The number of hydrogen-bond acceptors (Lipinski definition) is 8. The fourth-order valence-corrected chi connectivity index (χ4v) is 11.0. The van der Waals surface area contributed by atoms with Crippen molar-refractivity contribution < 1.29 is 42.1 Å². The molecule has 0 saturated heterocycles. The summed E-state index contributed by atoms with van der Waals surface area (Å²) in [6.45, 7) is 4.05. The third kappa shape index (κ3) is 71.7. The van der Waals surface area contributed by atoms with Gasteiger partial charge in [-0.3, -0.25) is 14.2 Å². The number of nitrogens with zero attached hydrogens (tertiary/aromatic N) is 1. The molecule has 0 bridgehead atoms. The third-order valence-corrected chi connectivity index (χ3v) is 16.8. The quantitative estimate of drug-likeness (QED) is 0.0195. The normalized spacial score (nSPS) is 13.8. The van der Waals surface area contributed by atoms with Crippen LogP contribution in [0.3, 0.4) is 0 Å². The molecule has 2 unspecified atom stereocenters. The van der Waals surface area contributed by atoms with Gasteiger partial charge in [-0.25, -0.2) is 0 Å². The van der Waals surface area contributed by atoms with Crippen molar-refractivity contribution in [2.75, 3.05) is 47.5 Å². The number of rotatable bonds is 67. The van der Waals surface area contributed by atoms with Gasteiger partial charge in [0, 0.05) is 12.8 Å². The Kier molecular flexibility index (Phi) is 65.5. The van der Waals surface area contributed by atoms with Crippen molar-refractivity contribution in [1.82, 2.24) is 0 Å². The van der Waals surface area contributed by atoms with Crippen molar-refractivity contribution in [1.29, 1.82) is 0 Å². The molecule has 0 aliphatic heterocycles. The molecule has 0 aliphatic rings. The molecule has 2 atom stereocenters. The zero-order chi connectivity index (χ0) is 64.1. The van der Waals surface area contributed by atoms with E-state index in [2.05, 4.69) is 123 Å². The number of phosphoric ester groups is 1. The third-order valence-electron chi connectivity index (χ3n) is 15.8. The largest absolute Gasteiger partial charge is 0.756 e. The fourth-order valence-electron chi connectivity index (χ4n) is 10.3. The highest BCUT2D eigenvalue weighted by atomic mass is 31.2. The molecule has 0 heterocycles. The summed E-state index contributed by atoms with van der Waals surface area (Å²) in [5.74, 6) is -0.822. The van der Waals surface area contributed by atoms with Gasteiger partial charge in [0.15, 0.2) is 6.10 Å². The Morgan fingerprint density at radius 1 is 0.352 bits per heavy atom. The average molecular weight is 1250 g/mol. The summed E-state index contributed by atoms with van der Waals surface area (Å²) in [5.41, 5.74) is 0. The molecule has 0 N–H and O–H groups in total. The first-order valence-electron chi connectivity index (χ1n) is 36.6. The molecule has 0 fully saturated rings. The summed E-state index contributed by atoms with van der Waals surface area (Å²) >= 11 is 0. The van der Waals surface area contributed by atoms with E-state index in [-0.39, 0.29) is 32.0 Å². The minimum Gasteiger partial charge on any atom is -0.756 e. The summed E-state index contributed by atoms with van der Waals surface area (Å²) in [6.07, 6.45) is 96.1. The van der Waals surface area contributed by atoms with Crippen LogP contribution in [0.15, 0.2) is 109 Å². The number of hydrogen-bond donors (Lipinski definition) is 0. The van der Waals surface area contributed by atoms with Gasteiger partial charge in [0.1, 0.15) is 19.8 Å². The zero-order valence-corrected chi connectivity index (χ0v) is 58.8. The highest BCUT2D eigenvalue weighted by Gasteiger charge is 2.22. The lowest BCUT2D eigenvalue weighted by Gasteiger charge is -2.28. The summed E-state index contributed by atoms with van der Waals surface area (Å²) in [4.78, 5) is 38.1. The highest BCUT2D eigenvalue weighted by Crippen LogP contribution is 2.38. The Labute approximate surface area is 544 Å². The Bertz CT molecular complexity index is 1850. The van der Waals surface area contributed by atoms with Crippen LogP contribution in [-0.2, 0) is 32.7 Å². The summed E-state index contributed by atoms with van der Waals surface area (Å²) < 4.78 is 34.4. The van der Waals surface area contributed by atoms with Gasteiger partial charge in [0.25, 0.3) is 7.82 Å². The van der Waals surface area contributed by atoms with E-state index in [9.17, 15) is 19.0 Å². The molecule has 9 nitrogen and oxygen atoms in total. The first-order chi connectivity index (χ1) is 43.0. The number of allylic oxidation sites excluding steroid dienone is 18. The molecule has 0 aromatic heterocycles. The van der Waals surface area contributed by atoms with Gasteiger partial charge in [-0.2, -0.15) is 0 Å². The molecule has 0 rings (SSSR count). The number of quaternary nitrogens is 1. The van der Waals surface area contributed by atoms with Crippen molar-refractivity contribution >= 4 is 19.8 Å². The number of phosphoric acid groups is 1. The maximum atomic E-state index is 12.9. The number of ether oxygens (including phenoxy) is 2. The lowest BCUT2D eigenvalue weighted by molar-refractivity contribution is -0.870. The number of likely N-dealkylation sites (N-methyl/N-ethyl adjacent to an activating group) is 1. The Balaban J connectivity index is 4.00. The van der Waals surface area contributed by atoms with Crippen LogP contribution in [0.5, 0.6) is 0 Å². The standard InChI is InChI=1S/C78H138NO8P/c1-6-8-10-12-14-16-18-20-22-24-26-28-30-32-34-36-38-39-41-43-45-47-49-51-53-55-57-59-61-63-65-67-69-71-78(81)87-76(75-86-88(82,83)85-73-72-79(3,4)5)74-84-77(80)70-68-66-64-62-60-58-56-54-52-50-48-46-44-42-40-37-35-33-31-29-27-25-23-21-19-17-15-13-11-9-7-2/h8-11,14-17,20-23,26-29,32,34,76H,6-7,12-13,18-19,24-25,30-31,33,35-75H2,1-5H3/b10-8-,11-9-,16-14-,17-15-,22-20-,23-21-,28-26-,29-27-,34-32-. The summed E-state index contributed by atoms with van der Waals surface area (Å²) in [5, 5.41) is 0. The molecule has 0 aromatic carbocycles. The predicted octanol–water partition coefficient (Wildman–Crippen LogP) is 23.4. The Morgan fingerprint density at radius 2 is 0.614 bits per heavy atom. The van der Waals surface area contributed by atoms with Crippen LogP contribution in [0, 0.1) is 0 Å². The molecule has 88 heavy (non-hydrogen) atoms. The molecule has 0 radical (unpaired) electrons. The van der Waals surface area contributed by atoms with Crippen molar-refractivity contribution in [3.63, 3.8) is 0 Å². The van der Waals surface area contributed by atoms with Crippen molar-refractivity contribution in [3.8, 4) is 0 Å². The van der Waals surface area contributed by atoms with E-state index >= 15 is 0 Å². The average Bonchev–Trinajstić information content (AvgIpc) is 3.56. The van der Waals surface area contributed by atoms with Crippen LogP contribution < -0.4 is 4.89 Å².